The summed E-state index contributed by atoms with van der Waals surface area (Å²) in [5, 5.41) is 45.1. The first-order chi connectivity index (χ1) is 28.2. The lowest BCUT2D eigenvalue weighted by atomic mass is 9.73. The van der Waals surface area contributed by atoms with Gasteiger partial charge in [0.2, 0.25) is 0 Å². The Morgan fingerprint density at radius 1 is 1.03 bits per heavy atom. The highest BCUT2D eigenvalue weighted by atomic mass is 16.7. The Bertz CT molecular complexity index is 1750. The first kappa shape index (κ1) is 49.0. The molecule has 60 heavy (non-hydrogen) atoms. The summed E-state index contributed by atoms with van der Waals surface area (Å²) in [5.74, 6) is -3.89. The highest BCUT2D eigenvalue weighted by molar-refractivity contribution is 5.98. The monoisotopic (exact) mass is 843 g/mol. The number of nitrogens with one attached hydrogen (secondary N) is 1. The summed E-state index contributed by atoms with van der Waals surface area (Å²) in [7, 11) is 6.87. The quantitative estimate of drug-likeness (QED) is 0.136. The zero-order valence-electron chi connectivity index (χ0n) is 37.7. The van der Waals surface area contributed by atoms with Crippen molar-refractivity contribution in [2.75, 3.05) is 28.3 Å². The van der Waals surface area contributed by atoms with Gasteiger partial charge in [0.15, 0.2) is 6.29 Å². The molecule has 14 atom stereocenters. The van der Waals surface area contributed by atoms with Gasteiger partial charge in [0.25, 0.3) is 0 Å². The van der Waals surface area contributed by atoms with Gasteiger partial charge in [-0.2, -0.15) is 10.2 Å². The third kappa shape index (κ3) is 11.4. The fourth-order valence-corrected chi connectivity index (χ4v) is 8.83. The Hall–Kier alpha value is -3.70. The van der Waals surface area contributed by atoms with E-state index in [2.05, 4.69) is 10.1 Å². The zero-order valence-corrected chi connectivity index (χ0v) is 37.7. The summed E-state index contributed by atoms with van der Waals surface area (Å²) in [4.78, 5) is 33.3. The highest BCUT2D eigenvalue weighted by Crippen LogP contribution is 2.40. The van der Waals surface area contributed by atoms with Crippen molar-refractivity contribution in [2.45, 2.75) is 148 Å². The van der Waals surface area contributed by atoms with Gasteiger partial charge in [-0.3, -0.25) is 9.59 Å². The Kier molecular flexibility index (Phi) is 17.1. The predicted octanol–water partition coefficient (Wildman–Crippen LogP) is 4.94. The number of likely N-dealkylation sites (N-methyl/N-ethyl adjacent to an activating group) is 1. The third-order valence-corrected chi connectivity index (χ3v) is 12.6. The van der Waals surface area contributed by atoms with Gasteiger partial charge in [0.05, 0.1) is 54.8 Å². The Morgan fingerprint density at radius 3 is 2.27 bits per heavy atom. The van der Waals surface area contributed by atoms with Gasteiger partial charge in [-0.25, -0.2) is 0 Å². The Labute approximate surface area is 355 Å². The summed E-state index contributed by atoms with van der Waals surface area (Å²) in [5.41, 5.74) is -0.716. The SMILES string of the molecule is CC[C@H]1OC(=O)[C@H](C)[C@@H](OC(=O)Cc2ccc(OC)cc2)[C@H](C)[C@@H](OC2OC(C)CC(N(C)C)C2O)[C@](C)(OC)C[C@@H](C)/C(=N\N=C(/C)c2ccc[nH]2)[C@H](C)[C@@H](O)[C@]1(C)O. The number of carbonyl (C=O) groups is 2. The number of H-pyrrole nitrogens is 1. The third-order valence-electron chi connectivity index (χ3n) is 12.6. The molecule has 2 aliphatic rings. The van der Waals surface area contributed by atoms with Crippen molar-refractivity contribution in [1.82, 2.24) is 9.88 Å². The largest absolute Gasteiger partial charge is 0.497 e. The molecule has 0 spiro atoms. The molecule has 0 bridgehead atoms. The summed E-state index contributed by atoms with van der Waals surface area (Å²) >= 11 is 0. The number of aliphatic hydroxyl groups is 3. The lowest BCUT2D eigenvalue weighted by molar-refractivity contribution is -0.301. The predicted molar refractivity (Wildman–Crippen MR) is 228 cm³/mol. The van der Waals surface area contributed by atoms with E-state index in [0.29, 0.717) is 29.2 Å². The molecule has 0 saturated carbocycles. The van der Waals surface area contributed by atoms with Crippen LogP contribution in [0.4, 0.5) is 0 Å². The van der Waals surface area contributed by atoms with Gasteiger partial charge in [-0.15, -0.1) is 0 Å². The minimum absolute atomic E-state index is 0.107. The van der Waals surface area contributed by atoms with E-state index in [9.17, 15) is 24.9 Å². The zero-order chi connectivity index (χ0) is 44.7. The number of rotatable bonds is 11. The van der Waals surface area contributed by atoms with E-state index in [-0.39, 0.29) is 31.4 Å². The van der Waals surface area contributed by atoms with Gasteiger partial charge in [0, 0.05) is 36.9 Å². The van der Waals surface area contributed by atoms with Crippen molar-refractivity contribution in [3.05, 3.63) is 53.9 Å². The van der Waals surface area contributed by atoms with Crippen molar-refractivity contribution in [3.63, 3.8) is 0 Å². The molecule has 4 rings (SSSR count). The van der Waals surface area contributed by atoms with Gasteiger partial charge >= 0.3 is 11.9 Å². The normalized spacial score (nSPS) is 37.0. The summed E-state index contributed by atoms with van der Waals surface area (Å²) in [6.07, 6.45) is -4.66. The fourth-order valence-electron chi connectivity index (χ4n) is 8.83. The molecule has 0 radical (unpaired) electrons. The van der Waals surface area contributed by atoms with Crippen molar-refractivity contribution in [3.8, 4) is 5.75 Å². The molecule has 2 aromatic rings. The summed E-state index contributed by atoms with van der Waals surface area (Å²) in [6.45, 7) is 15.9. The maximum Gasteiger partial charge on any atom is 0.312 e. The number of carbonyl (C=O) groups excluding carboxylic acids is 2. The molecule has 1 aromatic heterocycles. The van der Waals surface area contributed by atoms with E-state index in [4.69, 9.17) is 33.5 Å². The van der Waals surface area contributed by atoms with Gasteiger partial charge in [-0.05, 0) is 104 Å². The Balaban J connectivity index is 1.90. The first-order valence-electron chi connectivity index (χ1n) is 21.1. The maximum absolute atomic E-state index is 14.3. The molecule has 15 heteroatoms. The number of aromatic amines is 1. The second-order valence-corrected chi connectivity index (χ2v) is 17.5. The lowest BCUT2D eigenvalue weighted by Gasteiger charge is -2.48. The molecule has 3 heterocycles. The van der Waals surface area contributed by atoms with Crippen LogP contribution in [0.5, 0.6) is 5.75 Å². The molecule has 0 aliphatic carbocycles. The van der Waals surface area contributed by atoms with Crippen LogP contribution >= 0.6 is 0 Å². The highest BCUT2D eigenvalue weighted by Gasteiger charge is 2.52. The molecular formula is C45H70N4O11. The smallest absolute Gasteiger partial charge is 0.312 e. The molecule has 1 aromatic carbocycles. The molecule has 2 aliphatic heterocycles. The number of ether oxygens (including phenoxy) is 6. The van der Waals surface area contributed by atoms with Crippen molar-refractivity contribution in [1.29, 1.82) is 0 Å². The summed E-state index contributed by atoms with van der Waals surface area (Å²) < 4.78 is 37.3. The van der Waals surface area contributed by atoms with Crippen molar-refractivity contribution < 1.29 is 53.3 Å². The van der Waals surface area contributed by atoms with E-state index in [1.54, 1.807) is 65.5 Å². The molecule has 336 valence electrons. The van der Waals surface area contributed by atoms with E-state index in [0.717, 1.165) is 5.69 Å². The van der Waals surface area contributed by atoms with Gasteiger partial charge < -0.3 is 53.6 Å². The number of benzene rings is 1. The van der Waals surface area contributed by atoms with Gasteiger partial charge in [0.1, 0.15) is 29.7 Å². The van der Waals surface area contributed by atoms with Crippen molar-refractivity contribution in [2.24, 2.45) is 33.9 Å². The van der Waals surface area contributed by atoms with Crippen LogP contribution in [0, 0.1) is 23.7 Å². The maximum atomic E-state index is 14.3. The molecule has 4 unspecified atom stereocenters. The van der Waals surface area contributed by atoms with Crippen LogP contribution in [0.15, 0.2) is 52.8 Å². The molecular weight excluding hydrogens is 773 g/mol. The number of cyclic esters (lactones) is 1. The second kappa shape index (κ2) is 20.9. The van der Waals surface area contributed by atoms with Crippen LogP contribution in [0.1, 0.15) is 92.8 Å². The number of esters is 2. The van der Waals surface area contributed by atoms with Crippen LogP contribution < -0.4 is 4.74 Å². The van der Waals surface area contributed by atoms with E-state index >= 15 is 0 Å². The summed E-state index contributed by atoms with van der Waals surface area (Å²) in [6, 6.07) is 10.4. The minimum Gasteiger partial charge on any atom is -0.497 e. The first-order valence-corrected chi connectivity index (χ1v) is 21.1. The van der Waals surface area contributed by atoms with E-state index in [1.807, 2.05) is 65.7 Å². The molecule has 0 amide bonds. The Morgan fingerprint density at radius 2 is 1.70 bits per heavy atom. The lowest BCUT2D eigenvalue weighted by Crippen LogP contribution is -2.60. The van der Waals surface area contributed by atoms with E-state index in [1.165, 1.54) is 6.92 Å². The average Bonchev–Trinajstić information content (AvgIpc) is 3.76. The topological polar surface area (TPSA) is 194 Å². The van der Waals surface area contributed by atoms with Crippen LogP contribution in [0.25, 0.3) is 0 Å². The van der Waals surface area contributed by atoms with E-state index < -0.39 is 83.6 Å². The van der Waals surface area contributed by atoms with Crippen LogP contribution in [-0.2, 0) is 39.7 Å². The average molecular weight is 843 g/mol. The molecule has 2 saturated heterocycles. The van der Waals surface area contributed by atoms with Crippen LogP contribution in [-0.4, -0.2) is 137 Å². The number of aromatic nitrogens is 1. The molecule has 4 N–H and O–H groups in total. The van der Waals surface area contributed by atoms with Crippen LogP contribution in [0.2, 0.25) is 0 Å². The number of methoxy groups -OCH3 is 2. The van der Waals surface area contributed by atoms with Gasteiger partial charge in [-0.1, -0.05) is 39.8 Å². The van der Waals surface area contributed by atoms with Crippen molar-refractivity contribution >= 4 is 23.4 Å². The standard InChI is InChI=1S/C45H70N4O11/c1-14-35-45(9,54)40(52)27(4)37(48-47-30(7)33-16-15-21-46-33)25(2)24-44(8,56-13)41(60-43-38(51)34(49(10)11)22-26(3)57-43)28(5)39(29(6)42(53)58-35)59-36(50)23-31-17-19-32(55-12)20-18-31/h15-21,25-29,34-35,38-41,43,46,51-52,54H,14,22-24H2,1-13H3/b47-30+,48-37+/t25-,26?,27+,28+,29-,34?,35-,38?,39+,40-,41-,43?,44-,45-/m1/s1. The number of aliphatic hydroxyl groups excluding tert-OH is 2. The minimum atomic E-state index is -1.94. The second-order valence-electron chi connectivity index (χ2n) is 17.5. The fraction of sp³-hybridized carbons (Fsp3) is 0.689. The number of hydrogen-bond donors (Lipinski definition) is 4. The molecule has 15 nitrogen and oxygen atoms in total. The molecule has 2 fully saturated rings. The van der Waals surface area contributed by atoms with Crippen LogP contribution in [0.3, 0.4) is 0 Å². The number of hydrogen-bond acceptors (Lipinski definition) is 14. The number of nitrogens with zero attached hydrogens (tertiary/aromatic N) is 3.